The lowest BCUT2D eigenvalue weighted by molar-refractivity contribution is -0.121. The Morgan fingerprint density at radius 3 is 2.30 bits per heavy atom. The molecule has 0 fully saturated rings. The van der Waals surface area contributed by atoms with Gasteiger partial charge in [0, 0.05) is 11.0 Å². The number of imide groups is 1. The first-order valence-corrected chi connectivity index (χ1v) is 11.0. The predicted molar refractivity (Wildman–Crippen MR) is 112 cm³/mol. The van der Waals surface area contributed by atoms with Gasteiger partial charge < -0.3 is 10.8 Å². The molecule has 1 aromatic carbocycles. The van der Waals surface area contributed by atoms with Crippen molar-refractivity contribution in [3.05, 3.63) is 34.9 Å². The quantitative estimate of drug-likeness (QED) is 0.205. The van der Waals surface area contributed by atoms with Crippen LogP contribution in [-0.4, -0.2) is 44.8 Å². The molecule has 0 bridgehead atoms. The summed E-state index contributed by atoms with van der Waals surface area (Å²) in [5.41, 5.74) is 7.17. The Morgan fingerprint density at radius 2 is 1.67 bits per heavy atom. The van der Waals surface area contributed by atoms with Crippen molar-refractivity contribution in [2.24, 2.45) is 5.73 Å². The standard InChI is InChI=1S/C20H27IN2O4/c21-11-10-17(18(22)25)23-19(26)15-9-8-14(13-16(15)20(23)27)7-5-3-1-2-4-6-12-24/h8-9,13,17,24H,1-7,10-12H2,(H2,22,25). The van der Waals surface area contributed by atoms with Gasteiger partial charge >= 0.3 is 0 Å². The second-order valence-corrected chi connectivity index (χ2v) is 7.93. The van der Waals surface area contributed by atoms with Gasteiger partial charge in [0.05, 0.1) is 11.1 Å². The zero-order chi connectivity index (χ0) is 19.8. The fourth-order valence-corrected chi connectivity index (χ4v) is 3.99. The lowest BCUT2D eigenvalue weighted by Gasteiger charge is -2.22. The van der Waals surface area contributed by atoms with Crippen molar-refractivity contribution < 1.29 is 19.5 Å². The first-order valence-electron chi connectivity index (χ1n) is 9.48. The number of nitrogens with zero attached hydrogens (tertiary/aromatic N) is 1. The van der Waals surface area contributed by atoms with Crippen LogP contribution in [0.15, 0.2) is 18.2 Å². The molecule has 0 aliphatic carbocycles. The average molecular weight is 486 g/mol. The van der Waals surface area contributed by atoms with Gasteiger partial charge in [-0.2, -0.15) is 0 Å². The molecule has 0 saturated carbocycles. The van der Waals surface area contributed by atoms with Crippen LogP contribution in [0.25, 0.3) is 0 Å². The van der Waals surface area contributed by atoms with Crippen LogP contribution in [0.4, 0.5) is 0 Å². The molecule has 1 aliphatic heterocycles. The minimum absolute atomic E-state index is 0.257. The summed E-state index contributed by atoms with van der Waals surface area (Å²) < 4.78 is 0.627. The highest BCUT2D eigenvalue weighted by Crippen LogP contribution is 2.27. The summed E-state index contributed by atoms with van der Waals surface area (Å²) in [5, 5.41) is 8.77. The van der Waals surface area contributed by atoms with Gasteiger partial charge in [-0.15, -0.1) is 0 Å². The number of unbranched alkanes of at least 4 members (excludes halogenated alkanes) is 5. The van der Waals surface area contributed by atoms with Crippen LogP contribution in [0.1, 0.15) is 71.2 Å². The van der Waals surface area contributed by atoms with E-state index in [1.165, 1.54) is 0 Å². The molecule has 2 rings (SSSR count). The molecule has 6 nitrogen and oxygen atoms in total. The maximum atomic E-state index is 12.7. The van der Waals surface area contributed by atoms with E-state index in [4.69, 9.17) is 10.8 Å². The lowest BCUT2D eigenvalue weighted by Crippen LogP contribution is -2.48. The maximum absolute atomic E-state index is 12.7. The number of carbonyl (C=O) groups is 3. The average Bonchev–Trinajstić information content (AvgIpc) is 2.89. The summed E-state index contributed by atoms with van der Waals surface area (Å²) in [6.45, 7) is 0.257. The lowest BCUT2D eigenvalue weighted by atomic mass is 10.0. The third-order valence-corrected chi connectivity index (χ3v) is 5.50. The van der Waals surface area contributed by atoms with Gasteiger partial charge in [-0.05, 0) is 43.4 Å². The van der Waals surface area contributed by atoms with E-state index < -0.39 is 23.8 Å². The number of aliphatic hydroxyl groups is 1. The van der Waals surface area contributed by atoms with Gasteiger partial charge in [-0.25, -0.2) is 0 Å². The van der Waals surface area contributed by atoms with Gasteiger partial charge in [-0.1, -0.05) is 54.3 Å². The topological polar surface area (TPSA) is 101 Å². The third kappa shape index (κ3) is 5.51. The second kappa shape index (κ2) is 10.8. The first-order chi connectivity index (χ1) is 13.0. The molecule has 1 unspecified atom stereocenters. The monoisotopic (exact) mass is 486 g/mol. The van der Waals surface area contributed by atoms with Crippen molar-refractivity contribution in [1.29, 1.82) is 0 Å². The Balaban J connectivity index is 1.99. The molecule has 1 aliphatic rings. The molecular weight excluding hydrogens is 459 g/mol. The molecule has 1 atom stereocenters. The Kier molecular flexibility index (Phi) is 8.69. The molecule has 3 amide bonds. The Bertz CT molecular complexity index is 693. The van der Waals surface area contributed by atoms with E-state index in [0.29, 0.717) is 22.0 Å². The zero-order valence-corrected chi connectivity index (χ0v) is 17.6. The summed E-state index contributed by atoms with van der Waals surface area (Å²) in [5.74, 6) is -1.50. The summed E-state index contributed by atoms with van der Waals surface area (Å²) in [4.78, 5) is 38.1. The Hall–Kier alpha value is -1.48. The first kappa shape index (κ1) is 21.8. The third-order valence-electron chi connectivity index (χ3n) is 4.88. The van der Waals surface area contributed by atoms with Crippen LogP contribution in [0, 0.1) is 0 Å². The molecule has 3 N–H and O–H groups in total. The van der Waals surface area contributed by atoms with Crippen molar-refractivity contribution in [1.82, 2.24) is 4.90 Å². The van der Waals surface area contributed by atoms with Gasteiger partial charge in [0.15, 0.2) is 0 Å². The number of hydrogen-bond acceptors (Lipinski definition) is 4. The number of primary amides is 1. The highest BCUT2D eigenvalue weighted by Gasteiger charge is 2.41. The summed E-state index contributed by atoms with van der Waals surface area (Å²) >= 11 is 2.10. The molecule has 0 aromatic heterocycles. The number of fused-ring (bicyclic) bond motifs is 1. The van der Waals surface area contributed by atoms with Crippen LogP contribution in [0.5, 0.6) is 0 Å². The van der Waals surface area contributed by atoms with E-state index in [1.54, 1.807) is 12.1 Å². The molecule has 1 heterocycles. The molecule has 27 heavy (non-hydrogen) atoms. The molecule has 148 valence electrons. The number of hydrogen-bond donors (Lipinski definition) is 2. The number of rotatable bonds is 12. The van der Waals surface area contributed by atoms with Crippen LogP contribution in [-0.2, 0) is 11.2 Å². The molecule has 0 radical (unpaired) electrons. The van der Waals surface area contributed by atoms with Crippen molar-refractivity contribution in [3.63, 3.8) is 0 Å². The zero-order valence-electron chi connectivity index (χ0n) is 15.5. The van der Waals surface area contributed by atoms with Gasteiger partial charge in [-0.3, -0.25) is 19.3 Å². The van der Waals surface area contributed by atoms with E-state index >= 15 is 0 Å². The highest BCUT2D eigenvalue weighted by molar-refractivity contribution is 14.1. The van der Waals surface area contributed by atoms with Crippen LogP contribution >= 0.6 is 22.6 Å². The van der Waals surface area contributed by atoms with E-state index in [2.05, 4.69) is 22.6 Å². The minimum atomic E-state index is -0.892. The number of aryl methyl sites for hydroxylation is 1. The largest absolute Gasteiger partial charge is 0.396 e. The number of amides is 3. The summed E-state index contributed by atoms with van der Waals surface area (Å²) in [6, 6.07) is 4.46. The molecule has 1 aromatic rings. The Morgan fingerprint density at radius 1 is 1.04 bits per heavy atom. The highest BCUT2D eigenvalue weighted by atomic mass is 127. The predicted octanol–water partition coefficient (Wildman–Crippen LogP) is 2.84. The fourth-order valence-electron chi connectivity index (χ4n) is 3.40. The smallest absolute Gasteiger partial charge is 0.262 e. The van der Waals surface area contributed by atoms with Crippen molar-refractivity contribution >= 4 is 40.3 Å². The second-order valence-electron chi connectivity index (χ2n) is 6.85. The van der Waals surface area contributed by atoms with E-state index in [9.17, 15) is 14.4 Å². The molecule has 0 spiro atoms. The number of aliphatic hydroxyl groups excluding tert-OH is 1. The number of alkyl halides is 1. The fraction of sp³-hybridized carbons (Fsp3) is 0.550. The van der Waals surface area contributed by atoms with Crippen LogP contribution in [0.2, 0.25) is 0 Å². The van der Waals surface area contributed by atoms with Gasteiger partial charge in [0.25, 0.3) is 11.8 Å². The van der Waals surface area contributed by atoms with Crippen molar-refractivity contribution in [2.45, 2.75) is 57.4 Å². The summed E-state index contributed by atoms with van der Waals surface area (Å²) in [6.07, 6.45) is 7.50. The molecule has 0 saturated heterocycles. The normalized spacial score (nSPS) is 14.5. The number of carbonyl (C=O) groups excluding carboxylic acids is 3. The molecule has 7 heteroatoms. The Labute approximate surface area is 173 Å². The SMILES string of the molecule is NC(=O)C(CCI)N1C(=O)c2ccc(CCCCCCCCO)cc2C1=O. The van der Waals surface area contributed by atoms with Gasteiger partial charge in [0.1, 0.15) is 6.04 Å². The van der Waals surface area contributed by atoms with Crippen LogP contribution < -0.4 is 5.73 Å². The number of benzene rings is 1. The maximum Gasteiger partial charge on any atom is 0.262 e. The number of halogens is 1. The van der Waals surface area contributed by atoms with Crippen LogP contribution in [0.3, 0.4) is 0 Å². The minimum Gasteiger partial charge on any atom is -0.396 e. The summed E-state index contributed by atoms with van der Waals surface area (Å²) in [7, 11) is 0. The van der Waals surface area contributed by atoms with E-state index in [-0.39, 0.29) is 6.61 Å². The molecular formula is C20H27IN2O4. The van der Waals surface area contributed by atoms with E-state index in [0.717, 1.165) is 55.4 Å². The van der Waals surface area contributed by atoms with E-state index in [1.807, 2.05) is 6.07 Å². The van der Waals surface area contributed by atoms with Crippen molar-refractivity contribution in [3.8, 4) is 0 Å². The van der Waals surface area contributed by atoms with Crippen molar-refractivity contribution in [2.75, 3.05) is 11.0 Å². The van der Waals surface area contributed by atoms with Gasteiger partial charge in [0.2, 0.25) is 5.91 Å². The number of nitrogens with two attached hydrogens (primary N) is 1.